The monoisotopic (exact) mass is 326 g/mol. The van der Waals surface area contributed by atoms with Crippen LogP contribution < -0.4 is 5.32 Å². The van der Waals surface area contributed by atoms with Crippen molar-refractivity contribution in [1.29, 1.82) is 0 Å². The van der Waals surface area contributed by atoms with Crippen LogP contribution in [-0.2, 0) is 13.0 Å². The normalized spacial score (nSPS) is 17.4. The van der Waals surface area contributed by atoms with Gasteiger partial charge in [-0.05, 0) is 41.8 Å². The molecule has 1 aromatic carbocycles. The van der Waals surface area contributed by atoms with E-state index in [0.29, 0.717) is 6.04 Å². The van der Waals surface area contributed by atoms with Crippen molar-refractivity contribution in [3.05, 3.63) is 64.0 Å². The predicted molar refractivity (Wildman–Crippen MR) is 94.4 cm³/mol. The molecule has 4 rings (SSSR count). The van der Waals surface area contributed by atoms with Gasteiger partial charge in [0.05, 0.1) is 10.6 Å². The van der Waals surface area contributed by atoms with Crippen molar-refractivity contribution in [2.45, 2.75) is 31.8 Å². The number of aryl methyl sites for hydroxylation is 1. The molecule has 0 bridgehead atoms. The number of thiazole rings is 1. The molecule has 22 heavy (non-hydrogen) atoms. The lowest BCUT2D eigenvalue weighted by atomic mass is 9.88. The molecule has 2 aromatic heterocycles. The van der Waals surface area contributed by atoms with E-state index in [1.54, 1.807) is 22.7 Å². The van der Waals surface area contributed by atoms with Crippen molar-refractivity contribution in [3.63, 3.8) is 0 Å². The number of nitrogens with zero attached hydrogens (tertiary/aromatic N) is 1. The lowest BCUT2D eigenvalue weighted by Crippen LogP contribution is -2.24. The molecule has 2 nitrogen and oxygen atoms in total. The summed E-state index contributed by atoms with van der Waals surface area (Å²) in [6.45, 7) is 0.848. The molecule has 3 aromatic rings. The summed E-state index contributed by atoms with van der Waals surface area (Å²) < 4.78 is 0. The SMILES string of the molecule is c1csc(-c2nc(CNC3CCCc4ccccc43)cs2)c1. The molecule has 1 N–H and O–H groups in total. The third-order valence-corrected chi connectivity index (χ3v) is 6.11. The van der Waals surface area contributed by atoms with Crippen LogP contribution in [0.2, 0.25) is 0 Å². The Morgan fingerprint density at radius 2 is 2.09 bits per heavy atom. The van der Waals surface area contributed by atoms with E-state index in [1.165, 1.54) is 35.3 Å². The zero-order chi connectivity index (χ0) is 14.8. The van der Waals surface area contributed by atoms with Crippen LogP contribution in [0.25, 0.3) is 9.88 Å². The van der Waals surface area contributed by atoms with Crippen molar-refractivity contribution >= 4 is 22.7 Å². The average Bonchev–Trinajstić information content (AvgIpc) is 3.24. The first-order chi connectivity index (χ1) is 10.9. The van der Waals surface area contributed by atoms with Crippen molar-refractivity contribution in [2.24, 2.45) is 0 Å². The Balaban J connectivity index is 1.45. The lowest BCUT2D eigenvalue weighted by molar-refractivity contribution is 0.457. The van der Waals surface area contributed by atoms with Gasteiger partial charge in [-0.3, -0.25) is 0 Å². The molecule has 1 aliphatic rings. The standard InChI is InChI=1S/C18H18N2S2/c1-2-7-15-13(5-1)6-3-8-16(15)19-11-14-12-22-18(20-14)17-9-4-10-21-17/h1-2,4-5,7,9-10,12,16,19H,3,6,8,11H2. The fourth-order valence-corrected chi connectivity index (χ4v) is 4.73. The van der Waals surface area contributed by atoms with Gasteiger partial charge in [0.2, 0.25) is 0 Å². The molecule has 0 aliphatic heterocycles. The molecule has 2 heterocycles. The second-order valence-corrected chi connectivity index (χ2v) is 7.45. The maximum atomic E-state index is 4.76. The first-order valence-corrected chi connectivity index (χ1v) is 9.45. The maximum Gasteiger partial charge on any atom is 0.133 e. The van der Waals surface area contributed by atoms with E-state index >= 15 is 0 Å². The third-order valence-electron chi connectivity index (χ3n) is 4.18. The molecule has 0 spiro atoms. The lowest BCUT2D eigenvalue weighted by Gasteiger charge is -2.26. The smallest absolute Gasteiger partial charge is 0.133 e. The zero-order valence-electron chi connectivity index (χ0n) is 12.3. The number of rotatable bonds is 4. The van der Waals surface area contributed by atoms with Gasteiger partial charge in [0, 0.05) is 18.0 Å². The van der Waals surface area contributed by atoms with E-state index in [4.69, 9.17) is 4.98 Å². The Bertz CT molecular complexity index is 746. The van der Waals surface area contributed by atoms with Crippen LogP contribution in [0, 0.1) is 0 Å². The van der Waals surface area contributed by atoms with Gasteiger partial charge in [-0.25, -0.2) is 4.98 Å². The highest BCUT2D eigenvalue weighted by Gasteiger charge is 2.19. The van der Waals surface area contributed by atoms with Crippen LogP contribution in [0.1, 0.15) is 35.7 Å². The van der Waals surface area contributed by atoms with Crippen LogP contribution >= 0.6 is 22.7 Å². The summed E-state index contributed by atoms with van der Waals surface area (Å²) in [5.41, 5.74) is 4.13. The van der Waals surface area contributed by atoms with Crippen molar-refractivity contribution in [3.8, 4) is 9.88 Å². The van der Waals surface area contributed by atoms with Crippen LogP contribution in [0.5, 0.6) is 0 Å². The molecule has 1 aliphatic carbocycles. The van der Waals surface area contributed by atoms with Gasteiger partial charge in [0.25, 0.3) is 0 Å². The number of thiophene rings is 1. The summed E-state index contributed by atoms with van der Waals surface area (Å²) in [6, 6.07) is 13.5. The number of hydrogen-bond donors (Lipinski definition) is 1. The number of fused-ring (bicyclic) bond motifs is 1. The molecule has 0 fully saturated rings. The Kier molecular flexibility index (Phi) is 4.06. The van der Waals surface area contributed by atoms with Crippen molar-refractivity contribution in [2.75, 3.05) is 0 Å². The van der Waals surface area contributed by atoms with Crippen molar-refractivity contribution in [1.82, 2.24) is 10.3 Å². The highest BCUT2D eigenvalue weighted by molar-refractivity contribution is 7.20. The van der Waals surface area contributed by atoms with Gasteiger partial charge in [-0.2, -0.15) is 0 Å². The van der Waals surface area contributed by atoms with Gasteiger partial charge in [0.15, 0.2) is 0 Å². The highest BCUT2D eigenvalue weighted by Crippen LogP contribution is 2.31. The quantitative estimate of drug-likeness (QED) is 0.726. The van der Waals surface area contributed by atoms with E-state index in [2.05, 4.69) is 52.5 Å². The topological polar surface area (TPSA) is 24.9 Å². The van der Waals surface area contributed by atoms with Gasteiger partial charge in [0.1, 0.15) is 5.01 Å². The molecular formula is C18H18N2S2. The molecule has 112 valence electrons. The third kappa shape index (κ3) is 2.86. The second kappa shape index (κ2) is 6.32. The number of aromatic nitrogens is 1. The van der Waals surface area contributed by atoms with Crippen LogP contribution in [-0.4, -0.2) is 4.98 Å². The second-order valence-electron chi connectivity index (χ2n) is 5.65. The van der Waals surface area contributed by atoms with Crippen LogP contribution in [0.4, 0.5) is 0 Å². The number of nitrogens with one attached hydrogen (secondary N) is 1. The highest BCUT2D eigenvalue weighted by atomic mass is 32.1. The minimum Gasteiger partial charge on any atom is -0.304 e. The van der Waals surface area contributed by atoms with Gasteiger partial charge in [-0.15, -0.1) is 22.7 Å². The molecule has 1 atom stereocenters. The van der Waals surface area contributed by atoms with E-state index in [1.807, 2.05) is 0 Å². The van der Waals surface area contributed by atoms with Crippen molar-refractivity contribution < 1.29 is 0 Å². The van der Waals surface area contributed by atoms with Gasteiger partial charge in [-0.1, -0.05) is 30.3 Å². The van der Waals surface area contributed by atoms with E-state index in [-0.39, 0.29) is 0 Å². The summed E-state index contributed by atoms with van der Waals surface area (Å²) in [7, 11) is 0. The number of benzene rings is 1. The summed E-state index contributed by atoms with van der Waals surface area (Å²) in [4.78, 5) is 6.02. The van der Waals surface area contributed by atoms with E-state index < -0.39 is 0 Å². The molecule has 0 amide bonds. The Labute approximate surface area is 138 Å². The predicted octanol–water partition coefficient (Wildman–Crippen LogP) is 5.04. The fraction of sp³-hybridized carbons (Fsp3) is 0.278. The molecule has 1 unspecified atom stereocenters. The fourth-order valence-electron chi connectivity index (χ4n) is 3.10. The Morgan fingerprint density at radius 3 is 3.00 bits per heavy atom. The molecule has 0 radical (unpaired) electrons. The van der Waals surface area contributed by atoms with Crippen LogP contribution in [0.15, 0.2) is 47.2 Å². The minimum absolute atomic E-state index is 0.469. The van der Waals surface area contributed by atoms with E-state index in [9.17, 15) is 0 Å². The summed E-state index contributed by atoms with van der Waals surface area (Å²) in [6.07, 6.45) is 3.71. The minimum atomic E-state index is 0.469. The average molecular weight is 326 g/mol. The summed E-state index contributed by atoms with van der Waals surface area (Å²) in [5.74, 6) is 0. The number of hydrogen-bond acceptors (Lipinski definition) is 4. The van der Waals surface area contributed by atoms with Gasteiger partial charge >= 0.3 is 0 Å². The molecule has 0 saturated heterocycles. The largest absolute Gasteiger partial charge is 0.304 e. The Morgan fingerprint density at radius 1 is 1.14 bits per heavy atom. The van der Waals surface area contributed by atoms with Gasteiger partial charge < -0.3 is 5.32 Å². The molecular weight excluding hydrogens is 308 g/mol. The Hall–Kier alpha value is -1.49. The maximum absolute atomic E-state index is 4.76. The zero-order valence-corrected chi connectivity index (χ0v) is 13.9. The summed E-state index contributed by atoms with van der Waals surface area (Å²) in [5, 5.41) is 9.12. The summed E-state index contributed by atoms with van der Waals surface area (Å²) >= 11 is 3.49. The molecule has 0 saturated carbocycles. The van der Waals surface area contributed by atoms with E-state index in [0.717, 1.165) is 17.2 Å². The van der Waals surface area contributed by atoms with Crippen LogP contribution in [0.3, 0.4) is 0 Å². The first kappa shape index (κ1) is 14.1. The molecule has 4 heteroatoms. The first-order valence-electron chi connectivity index (χ1n) is 7.69.